The summed E-state index contributed by atoms with van der Waals surface area (Å²) in [6, 6.07) is 51.3. The molecule has 7 aromatic rings. The molecule has 7 rings (SSSR count). The van der Waals surface area contributed by atoms with Crippen molar-refractivity contribution in [1.29, 1.82) is 0 Å². The van der Waals surface area contributed by atoms with Gasteiger partial charge in [-0.2, -0.15) is 0 Å². The Morgan fingerprint density at radius 3 is 1.47 bits per heavy atom. The summed E-state index contributed by atoms with van der Waals surface area (Å²) in [5.41, 5.74) is 2.89. The average molecular weight is 731 g/mol. The smallest absolute Gasteiger partial charge is 0.312 e. The van der Waals surface area contributed by atoms with Crippen LogP contribution in [0, 0.1) is 10.8 Å². The topological polar surface area (TPSA) is 61.8 Å². The van der Waals surface area contributed by atoms with Crippen LogP contribution < -0.4 is 4.74 Å². The van der Waals surface area contributed by atoms with Gasteiger partial charge in [0.25, 0.3) is 0 Å². The van der Waals surface area contributed by atoms with Gasteiger partial charge < -0.3 is 14.2 Å². The van der Waals surface area contributed by atoms with Crippen molar-refractivity contribution in [1.82, 2.24) is 0 Å². The minimum Gasteiger partial charge on any atom is -0.497 e. The van der Waals surface area contributed by atoms with E-state index in [0.29, 0.717) is 6.42 Å². The molecule has 0 fully saturated rings. The van der Waals surface area contributed by atoms with Crippen LogP contribution in [0.25, 0.3) is 32.3 Å². The number of hydrogen-bond donors (Lipinski definition) is 0. The molecule has 0 aliphatic heterocycles. The first-order valence-corrected chi connectivity index (χ1v) is 18.8. The molecule has 0 N–H and O–H groups in total. The minimum atomic E-state index is -0.575. The molecule has 55 heavy (non-hydrogen) atoms. The van der Waals surface area contributed by atoms with E-state index in [9.17, 15) is 9.59 Å². The van der Waals surface area contributed by atoms with Crippen LogP contribution in [0.1, 0.15) is 76.0 Å². The number of fused-ring (bicyclic) bond motifs is 3. The van der Waals surface area contributed by atoms with Crippen molar-refractivity contribution in [2.24, 2.45) is 10.8 Å². The third-order valence-corrected chi connectivity index (χ3v) is 9.55. The Balaban J connectivity index is 0.000000188. The lowest BCUT2D eigenvalue weighted by atomic mass is 9.95. The summed E-state index contributed by atoms with van der Waals surface area (Å²) >= 11 is 0. The molecule has 0 aliphatic rings. The zero-order chi connectivity index (χ0) is 39.2. The lowest BCUT2D eigenvalue weighted by molar-refractivity contribution is -0.159. The number of carbonyl (C=O) groups excluding carboxylic acids is 2. The molecule has 2 atom stereocenters. The van der Waals surface area contributed by atoms with Gasteiger partial charge in [-0.05, 0) is 115 Å². The van der Waals surface area contributed by atoms with Crippen LogP contribution in [0.15, 0.2) is 152 Å². The van der Waals surface area contributed by atoms with Crippen molar-refractivity contribution in [3.05, 3.63) is 174 Å². The maximum atomic E-state index is 12.7. The van der Waals surface area contributed by atoms with Gasteiger partial charge in [-0.3, -0.25) is 9.59 Å². The van der Waals surface area contributed by atoms with Crippen LogP contribution in [0.2, 0.25) is 0 Å². The van der Waals surface area contributed by atoms with E-state index >= 15 is 0 Å². The van der Waals surface area contributed by atoms with Gasteiger partial charge in [-0.1, -0.05) is 127 Å². The molecule has 0 spiro atoms. The fraction of sp³-hybridized carbons (Fsp3) is 0.240. The normalized spacial score (nSPS) is 12.7. The average Bonchev–Trinajstić information content (AvgIpc) is 3.18. The number of benzene rings is 7. The molecule has 5 heteroatoms. The number of carbonyl (C=O) groups is 2. The van der Waals surface area contributed by atoms with E-state index in [4.69, 9.17) is 14.2 Å². The summed E-state index contributed by atoms with van der Waals surface area (Å²) in [4.78, 5) is 25.3. The Hall–Kier alpha value is -5.94. The van der Waals surface area contributed by atoms with Crippen LogP contribution in [0.5, 0.6) is 5.75 Å². The Kier molecular flexibility index (Phi) is 11.7. The molecule has 5 nitrogen and oxygen atoms in total. The molecule has 0 saturated carbocycles. The van der Waals surface area contributed by atoms with Gasteiger partial charge >= 0.3 is 11.9 Å². The van der Waals surface area contributed by atoms with E-state index in [1.165, 1.54) is 16.2 Å². The molecule has 0 aliphatic carbocycles. The first-order chi connectivity index (χ1) is 26.3. The van der Waals surface area contributed by atoms with E-state index in [1.54, 1.807) is 7.11 Å². The molecule has 0 amide bonds. The largest absolute Gasteiger partial charge is 0.497 e. The van der Waals surface area contributed by atoms with Crippen molar-refractivity contribution in [3.8, 4) is 5.75 Å². The maximum Gasteiger partial charge on any atom is 0.312 e. The SMILES string of the molecule is CC(C)(C)C(=O)OC(Cc1ccc2ccccc2c1)c1ccc2ccccc2c1.COc1cccc(C(OC(=O)C(C)(C)C)c2ccc3ccccc3c2)c1. The Morgan fingerprint density at radius 2 is 0.927 bits per heavy atom. The molecule has 0 heterocycles. The Bertz CT molecular complexity index is 2430. The van der Waals surface area contributed by atoms with Crippen LogP contribution in [-0.4, -0.2) is 19.0 Å². The first kappa shape index (κ1) is 38.8. The highest BCUT2D eigenvalue weighted by molar-refractivity contribution is 5.85. The minimum absolute atomic E-state index is 0.184. The summed E-state index contributed by atoms with van der Waals surface area (Å²) in [7, 11) is 1.63. The maximum absolute atomic E-state index is 12.7. The van der Waals surface area contributed by atoms with Gasteiger partial charge in [0, 0.05) is 12.0 Å². The monoisotopic (exact) mass is 730 g/mol. The molecule has 2 unspecified atom stereocenters. The second-order valence-corrected chi connectivity index (χ2v) is 16.1. The van der Waals surface area contributed by atoms with Crippen molar-refractivity contribution in [3.63, 3.8) is 0 Å². The number of esters is 2. The van der Waals surface area contributed by atoms with Gasteiger partial charge in [-0.25, -0.2) is 0 Å². The molecular formula is C50H50O5. The van der Waals surface area contributed by atoms with Crippen LogP contribution in [0.4, 0.5) is 0 Å². The zero-order valence-electron chi connectivity index (χ0n) is 32.8. The van der Waals surface area contributed by atoms with Gasteiger partial charge in [-0.15, -0.1) is 0 Å². The second kappa shape index (κ2) is 16.6. The Labute approximate surface area is 324 Å². The van der Waals surface area contributed by atoms with Gasteiger partial charge in [0.15, 0.2) is 6.10 Å². The number of methoxy groups -OCH3 is 1. The van der Waals surface area contributed by atoms with Crippen molar-refractivity contribution >= 4 is 44.3 Å². The molecule has 0 aromatic heterocycles. The van der Waals surface area contributed by atoms with E-state index in [-0.39, 0.29) is 18.0 Å². The zero-order valence-corrected chi connectivity index (χ0v) is 32.8. The number of rotatable bonds is 8. The molecule has 0 bridgehead atoms. The summed E-state index contributed by atoms with van der Waals surface area (Å²) in [6.45, 7) is 11.3. The molecule has 280 valence electrons. The quantitative estimate of drug-likeness (QED) is 0.146. The van der Waals surface area contributed by atoms with Gasteiger partial charge in [0.1, 0.15) is 11.9 Å². The standard InChI is InChI=1S/C27H26O2.C23H24O3/c1-27(2,3)26(28)29-25(24-15-14-21-9-5-7-11-23(21)18-24)17-19-12-13-20-8-4-6-10-22(20)16-19;1-23(2,3)22(24)26-21(18-10-7-11-20(15-18)25-4)19-13-12-16-8-5-6-9-17(16)14-19/h4-16,18,25H,17H2,1-3H3;5-15,21H,1-4H3. The highest BCUT2D eigenvalue weighted by atomic mass is 16.5. The highest BCUT2D eigenvalue weighted by Crippen LogP contribution is 2.34. The lowest BCUT2D eigenvalue weighted by Gasteiger charge is -2.24. The van der Waals surface area contributed by atoms with E-state index in [1.807, 2.05) is 108 Å². The number of ether oxygens (including phenoxy) is 3. The fourth-order valence-corrected chi connectivity index (χ4v) is 6.31. The molecule has 7 aromatic carbocycles. The molecule has 0 saturated heterocycles. The van der Waals surface area contributed by atoms with Crippen LogP contribution in [0.3, 0.4) is 0 Å². The number of hydrogen-bond acceptors (Lipinski definition) is 5. The third kappa shape index (κ3) is 9.79. The summed E-state index contributed by atoms with van der Waals surface area (Å²) in [6.07, 6.45) is -0.167. The first-order valence-electron chi connectivity index (χ1n) is 18.8. The van der Waals surface area contributed by atoms with Crippen molar-refractivity contribution < 1.29 is 23.8 Å². The van der Waals surface area contributed by atoms with Gasteiger partial charge in [0.2, 0.25) is 0 Å². The Morgan fingerprint density at radius 1 is 0.473 bits per heavy atom. The summed E-state index contributed by atoms with van der Waals surface area (Å²) < 4.78 is 17.3. The predicted molar refractivity (Wildman–Crippen MR) is 224 cm³/mol. The molecular weight excluding hydrogens is 681 g/mol. The predicted octanol–water partition coefficient (Wildman–Crippen LogP) is 12.4. The van der Waals surface area contributed by atoms with E-state index in [0.717, 1.165) is 44.2 Å². The second-order valence-electron chi connectivity index (χ2n) is 16.1. The van der Waals surface area contributed by atoms with Crippen molar-refractivity contribution in [2.75, 3.05) is 7.11 Å². The summed E-state index contributed by atoms with van der Waals surface area (Å²) in [5.74, 6) is 0.315. The lowest BCUT2D eigenvalue weighted by Crippen LogP contribution is -2.25. The van der Waals surface area contributed by atoms with Crippen LogP contribution in [-0.2, 0) is 25.5 Å². The van der Waals surface area contributed by atoms with Crippen LogP contribution >= 0.6 is 0 Å². The van der Waals surface area contributed by atoms with E-state index < -0.39 is 16.9 Å². The highest BCUT2D eigenvalue weighted by Gasteiger charge is 2.29. The van der Waals surface area contributed by atoms with Crippen molar-refractivity contribution in [2.45, 2.75) is 60.2 Å². The van der Waals surface area contributed by atoms with E-state index in [2.05, 4.69) is 84.9 Å². The fourth-order valence-electron chi connectivity index (χ4n) is 6.31. The summed E-state index contributed by atoms with van der Waals surface area (Å²) in [5, 5.41) is 7.02. The third-order valence-electron chi connectivity index (χ3n) is 9.55. The van der Waals surface area contributed by atoms with Gasteiger partial charge in [0.05, 0.1) is 17.9 Å². The molecule has 0 radical (unpaired) electrons.